The summed E-state index contributed by atoms with van der Waals surface area (Å²) in [6, 6.07) is 7.12. The SMILES string of the molecule is O=C(c1ccc(F)cc1)N1CCO[C@H](c2nc(-c3ncccn3)no2)C1. The first-order valence-electron chi connectivity index (χ1n) is 7.98. The molecule has 26 heavy (non-hydrogen) atoms. The van der Waals surface area contributed by atoms with Gasteiger partial charge in [0.15, 0.2) is 6.10 Å². The summed E-state index contributed by atoms with van der Waals surface area (Å²) in [5.74, 6) is 0.264. The number of carbonyl (C=O) groups is 1. The summed E-state index contributed by atoms with van der Waals surface area (Å²) in [6.45, 7) is 1.01. The van der Waals surface area contributed by atoms with E-state index in [9.17, 15) is 9.18 Å². The molecule has 1 aromatic carbocycles. The van der Waals surface area contributed by atoms with Gasteiger partial charge in [0.2, 0.25) is 11.6 Å². The van der Waals surface area contributed by atoms with Crippen LogP contribution in [0, 0.1) is 5.82 Å². The number of hydrogen-bond donors (Lipinski definition) is 0. The Kier molecular flexibility index (Phi) is 4.36. The van der Waals surface area contributed by atoms with Crippen molar-refractivity contribution in [1.82, 2.24) is 25.0 Å². The van der Waals surface area contributed by atoms with Crippen LogP contribution in [0.5, 0.6) is 0 Å². The Morgan fingerprint density at radius 2 is 1.92 bits per heavy atom. The number of ether oxygens (including phenoxy) is 1. The van der Waals surface area contributed by atoms with Gasteiger partial charge in [-0.1, -0.05) is 5.16 Å². The number of hydrogen-bond acceptors (Lipinski definition) is 7. The van der Waals surface area contributed by atoms with E-state index in [-0.39, 0.29) is 30.0 Å². The van der Waals surface area contributed by atoms with Crippen molar-refractivity contribution in [3.8, 4) is 11.6 Å². The van der Waals surface area contributed by atoms with Crippen molar-refractivity contribution in [1.29, 1.82) is 0 Å². The Balaban J connectivity index is 1.49. The normalized spacial score (nSPS) is 17.3. The lowest BCUT2D eigenvalue weighted by Gasteiger charge is -2.31. The van der Waals surface area contributed by atoms with Crippen LogP contribution in [0.1, 0.15) is 22.4 Å². The molecule has 3 aromatic rings. The fraction of sp³-hybridized carbons (Fsp3) is 0.235. The van der Waals surface area contributed by atoms with Crippen molar-refractivity contribution >= 4 is 5.91 Å². The Hall–Kier alpha value is -3.20. The molecule has 0 radical (unpaired) electrons. The number of morpholine rings is 1. The molecule has 0 unspecified atom stereocenters. The van der Waals surface area contributed by atoms with E-state index in [4.69, 9.17) is 9.26 Å². The first-order valence-corrected chi connectivity index (χ1v) is 7.98. The molecular weight excluding hydrogens is 341 g/mol. The highest BCUT2D eigenvalue weighted by Crippen LogP contribution is 2.23. The number of rotatable bonds is 3. The summed E-state index contributed by atoms with van der Waals surface area (Å²) in [4.78, 5) is 26.6. The first-order chi connectivity index (χ1) is 12.7. The lowest BCUT2D eigenvalue weighted by atomic mass is 10.1. The molecule has 1 aliphatic rings. The Labute approximate surface area is 147 Å². The minimum Gasteiger partial charge on any atom is -0.365 e. The summed E-state index contributed by atoms with van der Waals surface area (Å²) in [6.07, 6.45) is 2.62. The van der Waals surface area contributed by atoms with Gasteiger partial charge in [-0.3, -0.25) is 4.79 Å². The van der Waals surface area contributed by atoms with Crippen LogP contribution in [-0.4, -0.2) is 50.6 Å². The fourth-order valence-corrected chi connectivity index (χ4v) is 2.63. The smallest absolute Gasteiger partial charge is 0.258 e. The van der Waals surface area contributed by atoms with Gasteiger partial charge in [-0.15, -0.1) is 0 Å². The van der Waals surface area contributed by atoms with Crippen LogP contribution in [0.15, 0.2) is 47.2 Å². The second-order valence-corrected chi connectivity index (χ2v) is 5.65. The highest BCUT2D eigenvalue weighted by molar-refractivity contribution is 5.94. The standard InChI is InChI=1S/C17H14FN5O3/c18-12-4-2-11(3-5-12)17(24)23-8-9-25-13(10-23)16-21-15(22-26-16)14-19-6-1-7-20-14/h1-7,13H,8-10H2/t13-/m0/s1. The molecule has 0 aliphatic carbocycles. The maximum Gasteiger partial charge on any atom is 0.258 e. The van der Waals surface area contributed by atoms with Crippen molar-refractivity contribution in [3.05, 3.63) is 60.0 Å². The minimum absolute atomic E-state index is 0.204. The molecule has 0 N–H and O–H groups in total. The molecule has 1 fully saturated rings. The van der Waals surface area contributed by atoms with Gasteiger partial charge in [-0.05, 0) is 30.3 Å². The van der Waals surface area contributed by atoms with Crippen molar-refractivity contribution in [2.45, 2.75) is 6.10 Å². The molecule has 1 atom stereocenters. The number of amides is 1. The van der Waals surface area contributed by atoms with E-state index in [2.05, 4.69) is 20.1 Å². The number of carbonyl (C=O) groups excluding carboxylic acids is 1. The number of nitrogens with zero attached hydrogens (tertiary/aromatic N) is 5. The van der Waals surface area contributed by atoms with Crippen molar-refractivity contribution in [3.63, 3.8) is 0 Å². The number of halogens is 1. The predicted molar refractivity (Wildman–Crippen MR) is 86.3 cm³/mol. The summed E-state index contributed by atoms with van der Waals surface area (Å²) in [7, 11) is 0. The number of aromatic nitrogens is 4. The van der Waals surface area contributed by atoms with Crippen molar-refractivity contribution in [2.75, 3.05) is 19.7 Å². The van der Waals surface area contributed by atoms with Gasteiger partial charge < -0.3 is 14.2 Å². The maximum atomic E-state index is 13.0. The van der Waals surface area contributed by atoms with E-state index in [1.54, 1.807) is 23.4 Å². The fourth-order valence-electron chi connectivity index (χ4n) is 2.63. The monoisotopic (exact) mass is 355 g/mol. The molecule has 1 aliphatic heterocycles. The van der Waals surface area contributed by atoms with Gasteiger partial charge in [-0.2, -0.15) is 4.98 Å². The molecule has 9 heteroatoms. The van der Waals surface area contributed by atoms with Crippen LogP contribution in [0.2, 0.25) is 0 Å². The summed E-state index contributed by atoms with van der Waals surface area (Å²) in [5, 5.41) is 3.86. The molecule has 132 valence electrons. The first kappa shape index (κ1) is 16.3. The van der Waals surface area contributed by atoms with E-state index in [1.165, 1.54) is 24.3 Å². The molecule has 2 aromatic heterocycles. The van der Waals surface area contributed by atoms with Gasteiger partial charge in [0.25, 0.3) is 11.8 Å². The molecule has 0 bridgehead atoms. The van der Waals surface area contributed by atoms with E-state index in [0.29, 0.717) is 24.5 Å². The molecule has 1 saturated heterocycles. The molecule has 8 nitrogen and oxygen atoms in total. The third-order valence-corrected chi connectivity index (χ3v) is 3.93. The second kappa shape index (κ2) is 6.96. The second-order valence-electron chi connectivity index (χ2n) is 5.65. The minimum atomic E-state index is -0.543. The van der Waals surface area contributed by atoms with Crippen molar-refractivity contribution in [2.24, 2.45) is 0 Å². The Morgan fingerprint density at radius 1 is 1.15 bits per heavy atom. The van der Waals surface area contributed by atoms with Crippen LogP contribution in [0.25, 0.3) is 11.6 Å². The van der Waals surface area contributed by atoms with E-state index in [0.717, 1.165) is 0 Å². The highest BCUT2D eigenvalue weighted by atomic mass is 19.1. The van der Waals surface area contributed by atoms with E-state index < -0.39 is 6.10 Å². The van der Waals surface area contributed by atoms with Crippen molar-refractivity contribution < 1.29 is 18.4 Å². The van der Waals surface area contributed by atoms with Gasteiger partial charge in [0, 0.05) is 24.5 Å². The predicted octanol–water partition coefficient (Wildman–Crippen LogP) is 1.88. The molecule has 4 rings (SSSR count). The van der Waals surface area contributed by atoms with Gasteiger partial charge in [0.05, 0.1) is 13.2 Å². The number of benzene rings is 1. The maximum absolute atomic E-state index is 13.0. The Morgan fingerprint density at radius 3 is 2.69 bits per heavy atom. The lowest BCUT2D eigenvalue weighted by Crippen LogP contribution is -2.42. The Bertz CT molecular complexity index is 900. The van der Waals surface area contributed by atoms with Gasteiger partial charge in [0.1, 0.15) is 5.82 Å². The lowest BCUT2D eigenvalue weighted by molar-refractivity contribution is -0.0367. The van der Waals surface area contributed by atoms with E-state index >= 15 is 0 Å². The van der Waals surface area contributed by atoms with Gasteiger partial charge in [-0.25, -0.2) is 14.4 Å². The zero-order valence-electron chi connectivity index (χ0n) is 13.6. The largest absolute Gasteiger partial charge is 0.365 e. The highest BCUT2D eigenvalue weighted by Gasteiger charge is 2.30. The summed E-state index contributed by atoms with van der Waals surface area (Å²) in [5.41, 5.74) is 0.413. The third-order valence-electron chi connectivity index (χ3n) is 3.93. The van der Waals surface area contributed by atoms with Crippen LogP contribution in [0.3, 0.4) is 0 Å². The molecule has 0 spiro atoms. The third kappa shape index (κ3) is 3.29. The molecular formula is C17H14FN5O3. The molecule has 0 saturated carbocycles. The average molecular weight is 355 g/mol. The van der Waals surface area contributed by atoms with Crippen LogP contribution < -0.4 is 0 Å². The van der Waals surface area contributed by atoms with Gasteiger partial charge >= 0.3 is 0 Å². The topological polar surface area (TPSA) is 94.2 Å². The van der Waals surface area contributed by atoms with Crippen LogP contribution in [0.4, 0.5) is 4.39 Å². The molecule has 1 amide bonds. The van der Waals surface area contributed by atoms with E-state index in [1.807, 2.05) is 0 Å². The van der Waals surface area contributed by atoms with Crippen LogP contribution in [-0.2, 0) is 4.74 Å². The van der Waals surface area contributed by atoms with Crippen LogP contribution >= 0.6 is 0 Å². The zero-order valence-corrected chi connectivity index (χ0v) is 13.6. The zero-order chi connectivity index (χ0) is 17.9. The average Bonchev–Trinajstić information content (AvgIpc) is 3.19. The quantitative estimate of drug-likeness (QED) is 0.708. The summed E-state index contributed by atoms with van der Waals surface area (Å²) < 4.78 is 23.9. The molecule has 3 heterocycles. The summed E-state index contributed by atoms with van der Waals surface area (Å²) >= 11 is 0.